The number of fused-ring (bicyclic) bond motifs is 5. The Labute approximate surface area is 149 Å². The van der Waals surface area contributed by atoms with Crippen LogP contribution in [0.3, 0.4) is 0 Å². The molecule has 2 N–H and O–H groups in total. The number of benzene rings is 1. The van der Waals surface area contributed by atoms with Gasteiger partial charge >= 0.3 is 5.97 Å². The molecule has 3 aliphatic carbocycles. The van der Waals surface area contributed by atoms with Gasteiger partial charge in [-0.25, -0.2) is 0 Å². The van der Waals surface area contributed by atoms with Crippen LogP contribution >= 0.6 is 0 Å². The molecular weight excluding hydrogens is 316 g/mol. The maximum absolute atomic E-state index is 11.5. The van der Waals surface area contributed by atoms with Gasteiger partial charge in [-0.15, -0.1) is 0 Å². The third-order valence-electron chi connectivity index (χ3n) is 7.15. The highest BCUT2D eigenvalue weighted by atomic mass is 16.6. The van der Waals surface area contributed by atoms with Crippen molar-refractivity contribution in [1.29, 1.82) is 0 Å². The summed E-state index contributed by atoms with van der Waals surface area (Å²) in [7, 11) is 0. The topological polar surface area (TPSA) is 66.8 Å². The summed E-state index contributed by atoms with van der Waals surface area (Å²) < 4.78 is 5.48. The predicted molar refractivity (Wildman–Crippen MR) is 94.1 cm³/mol. The van der Waals surface area contributed by atoms with Crippen LogP contribution in [0.25, 0.3) is 0 Å². The van der Waals surface area contributed by atoms with Crippen molar-refractivity contribution >= 4 is 5.97 Å². The van der Waals surface area contributed by atoms with Crippen molar-refractivity contribution in [3.8, 4) is 0 Å². The second-order valence-electron chi connectivity index (χ2n) is 8.59. The molecule has 5 unspecified atom stereocenters. The SMILES string of the molecule is CC(=O)OC1[C@@H](O)C(O)C2C3CCc4cc(C)ccc4C3CC[C@@]21C. The van der Waals surface area contributed by atoms with E-state index in [4.69, 9.17) is 4.74 Å². The minimum absolute atomic E-state index is 0.0277. The van der Waals surface area contributed by atoms with Crippen molar-refractivity contribution in [2.75, 3.05) is 0 Å². The number of aliphatic hydroxyl groups is 2. The Balaban J connectivity index is 1.70. The molecule has 25 heavy (non-hydrogen) atoms. The number of aliphatic hydroxyl groups excluding tert-OH is 2. The molecule has 0 radical (unpaired) electrons. The summed E-state index contributed by atoms with van der Waals surface area (Å²) in [4.78, 5) is 11.5. The fourth-order valence-electron chi connectivity index (χ4n) is 6.13. The lowest BCUT2D eigenvalue weighted by Crippen LogP contribution is -2.47. The molecule has 3 aliphatic rings. The molecule has 1 aromatic carbocycles. The Hall–Kier alpha value is -1.39. The molecule has 7 atom stereocenters. The monoisotopic (exact) mass is 344 g/mol. The van der Waals surface area contributed by atoms with Gasteiger partial charge in [0.2, 0.25) is 0 Å². The van der Waals surface area contributed by atoms with E-state index in [1.54, 1.807) is 0 Å². The first-order valence-corrected chi connectivity index (χ1v) is 9.45. The summed E-state index contributed by atoms with van der Waals surface area (Å²) in [5.41, 5.74) is 3.80. The van der Waals surface area contributed by atoms with Crippen LogP contribution in [0.1, 0.15) is 55.7 Å². The molecule has 0 bridgehead atoms. The minimum atomic E-state index is -0.989. The number of hydrogen-bond donors (Lipinski definition) is 2. The van der Waals surface area contributed by atoms with Crippen molar-refractivity contribution in [3.63, 3.8) is 0 Å². The van der Waals surface area contributed by atoms with E-state index < -0.39 is 18.3 Å². The zero-order valence-electron chi connectivity index (χ0n) is 15.2. The van der Waals surface area contributed by atoms with E-state index in [-0.39, 0.29) is 17.3 Å². The van der Waals surface area contributed by atoms with E-state index in [1.165, 1.54) is 23.6 Å². The lowest BCUT2D eigenvalue weighted by atomic mass is 9.55. The smallest absolute Gasteiger partial charge is 0.303 e. The Morgan fingerprint density at radius 2 is 2.00 bits per heavy atom. The van der Waals surface area contributed by atoms with Crippen molar-refractivity contribution in [2.45, 2.75) is 70.7 Å². The molecule has 0 spiro atoms. The first-order chi connectivity index (χ1) is 11.8. The standard InChI is InChI=1S/C21H28O4/c1-11-4-6-14-13(10-11)5-7-16-15(14)8-9-21(3)17(16)18(23)19(24)20(21)25-12(2)22/h4,6,10,15-20,23-24H,5,7-9H2,1-3H3/t15?,16?,17?,18?,19-,20?,21-/m0/s1. The second-order valence-corrected chi connectivity index (χ2v) is 8.59. The van der Waals surface area contributed by atoms with Crippen LogP contribution in [0.15, 0.2) is 18.2 Å². The molecule has 4 rings (SSSR count). The molecular formula is C21H28O4. The Bertz CT molecular complexity index is 699. The van der Waals surface area contributed by atoms with Crippen molar-refractivity contribution in [3.05, 3.63) is 34.9 Å². The molecule has 0 saturated heterocycles. The number of hydrogen-bond acceptors (Lipinski definition) is 4. The van der Waals surface area contributed by atoms with Gasteiger partial charge in [-0.3, -0.25) is 4.79 Å². The maximum atomic E-state index is 11.5. The number of ether oxygens (including phenoxy) is 1. The van der Waals surface area contributed by atoms with Gasteiger partial charge in [0, 0.05) is 12.3 Å². The average Bonchev–Trinajstić information content (AvgIpc) is 2.75. The van der Waals surface area contributed by atoms with E-state index in [9.17, 15) is 15.0 Å². The summed E-state index contributed by atoms with van der Waals surface area (Å²) in [6, 6.07) is 6.73. The molecule has 0 aromatic heterocycles. The van der Waals surface area contributed by atoms with Gasteiger partial charge < -0.3 is 14.9 Å². The van der Waals surface area contributed by atoms with Gasteiger partial charge in [-0.1, -0.05) is 30.7 Å². The van der Waals surface area contributed by atoms with Crippen molar-refractivity contribution < 1.29 is 19.7 Å². The van der Waals surface area contributed by atoms with E-state index in [2.05, 4.69) is 32.0 Å². The molecule has 1 aromatic rings. The van der Waals surface area contributed by atoms with Gasteiger partial charge in [-0.05, 0) is 61.5 Å². The zero-order chi connectivity index (χ0) is 17.9. The van der Waals surface area contributed by atoms with Crippen LogP contribution in [0.5, 0.6) is 0 Å². The molecule has 0 amide bonds. The van der Waals surface area contributed by atoms with Crippen molar-refractivity contribution in [2.24, 2.45) is 17.3 Å². The Kier molecular flexibility index (Phi) is 3.97. The van der Waals surface area contributed by atoms with Crippen LogP contribution in [0, 0.1) is 24.2 Å². The fraction of sp³-hybridized carbons (Fsp3) is 0.667. The summed E-state index contributed by atoms with van der Waals surface area (Å²) >= 11 is 0. The summed E-state index contributed by atoms with van der Waals surface area (Å²) in [6.45, 7) is 5.59. The number of carbonyl (C=O) groups excluding carboxylic acids is 1. The molecule has 0 heterocycles. The molecule has 2 fully saturated rings. The van der Waals surface area contributed by atoms with Gasteiger partial charge in [0.05, 0.1) is 6.10 Å². The summed E-state index contributed by atoms with van der Waals surface area (Å²) in [6.07, 6.45) is 1.50. The third kappa shape index (κ3) is 2.45. The quantitative estimate of drug-likeness (QED) is 0.769. The average molecular weight is 344 g/mol. The first-order valence-electron chi connectivity index (χ1n) is 9.45. The fourth-order valence-corrected chi connectivity index (χ4v) is 6.13. The number of carbonyl (C=O) groups is 1. The number of rotatable bonds is 1. The number of aryl methyl sites for hydroxylation is 2. The highest BCUT2D eigenvalue weighted by Crippen LogP contribution is 2.61. The summed E-state index contributed by atoms with van der Waals surface area (Å²) in [5, 5.41) is 21.4. The minimum Gasteiger partial charge on any atom is -0.459 e. The third-order valence-corrected chi connectivity index (χ3v) is 7.15. The molecule has 0 aliphatic heterocycles. The Morgan fingerprint density at radius 1 is 1.24 bits per heavy atom. The normalized spacial score (nSPS) is 42.3. The van der Waals surface area contributed by atoms with Gasteiger partial charge in [0.1, 0.15) is 12.2 Å². The predicted octanol–water partition coefficient (Wildman–Crippen LogP) is 2.72. The molecule has 4 nitrogen and oxygen atoms in total. The van der Waals surface area contributed by atoms with E-state index in [1.807, 2.05) is 0 Å². The van der Waals surface area contributed by atoms with Gasteiger partial charge in [0.15, 0.2) is 0 Å². The molecule has 2 saturated carbocycles. The van der Waals surface area contributed by atoms with E-state index in [0.29, 0.717) is 11.8 Å². The highest BCUT2D eigenvalue weighted by molar-refractivity contribution is 5.66. The van der Waals surface area contributed by atoms with Crippen molar-refractivity contribution in [1.82, 2.24) is 0 Å². The summed E-state index contributed by atoms with van der Waals surface area (Å²) in [5.74, 6) is 0.351. The lowest BCUT2D eigenvalue weighted by Gasteiger charge is -2.50. The van der Waals surface area contributed by atoms with E-state index >= 15 is 0 Å². The second kappa shape index (κ2) is 5.82. The molecule has 136 valence electrons. The lowest BCUT2D eigenvalue weighted by molar-refractivity contribution is -0.161. The van der Waals surface area contributed by atoms with Crippen LogP contribution in [-0.2, 0) is 16.0 Å². The maximum Gasteiger partial charge on any atom is 0.303 e. The first kappa shape index (κ1) is 17.0. The van der Waals surface area contributed by atoms with Crippen LogP contribution in [0.2, 0.25) is 0 Å². The largest absolute Gasteiger partial charge is 0.459 e. The van der Waals surface area contributed by atoms with Crippen LogP contribution in [0.4, 0.5) is 0 Å². The Morgan fingerprint density at radius 3 is 2.72 bits per heavy atom. The van der Waals surface area contributed by atoms with Gasteiger partial charge in [0.25, 0.3) is 0 Å². The zero-order valence-corrected chi connectivity index (χ0v) is 15.2. The number of esters is 1. The molecule has 4 heteroatoms. The van der Waals surface area contributed by atoms with Gasteiger partial charge in [-0.2, -0.15) is 0 Å². The van der Waals surface area contributed by atoms with E-state index in [0.717, 1.165) is 25.7 Å². The van der Waals surface area contributed by atoms with Crippen LogP contribution in [-0.4, -0.2) is 34.5 Å². The highest BCUT2D eigenvalue weighted by Gasteiger charge is 2.64. The van der Waals surface area contributed by atoms with Crippen LogP contribution < -0.4 is 0 Å².